The van der Waals surface area contributed by atoms with Gasteiger partial charge in [0.2, 0.25) is 0 Å². The Bertz CT molecular complexity index is 390. The van der Waals surface area contributed by atoms with Crippen molar-refractivity contribution in [2.45, 2.75) is 13.8 Å². The van der Waals surface area contributed by atoms with Crippen LogP contribution in [0.4, 0.5) is 4.79 Å². The van der Waals surface area contributed by atoms with Gasteiger partial charge < -0.3 is 15.4 Å². The molecule has 0 aromatic carbocycles. The average molecular weight is 256 g/mol. The lowest BCUT2D eigenvalue weighted by molar-refractivity contribution is 0.0515. The van der Waals surface area contributed by atoms with Crippen LogP contribution in [0.15, 0.2) is 11.4 Å². The molecule has 1 heterocycles. The lowest BCUT2D eigenvalue weighted by Crippen LogP contribution is -2.37. The van der Waals surface area contributed by atoms with Crippen molar-refractivity contribution >= 4 is 23.3 Å². The first-order valence-corrected chi connectivity index (χ1v) is 6.26. The Morgan fingerprint density at radius 3 is 2.76 bits per heavy atom. The standard InChI is InChI=1S/C11H16N2O3S/c1-3-12-11(15)13-5-6-16-10(14)9-8(2)4-7-17-9/h4,7H,3,5-6H2,1-2H3,(H2,12,13,15). The molecule has 0 unspecified atom stereocenters. The Kier molecular flexibility index (Phi) is 5.48. The minimum Gasteiger partial charge on any atom is -0.460 e. The molecule has 0 aliphatic rings. The fourth-order valence-corrected chi connectivity index (χ4v) is 2.00. The third-order valence-corrected chi connectivity index (χ3v) is 3.00. The molecule has 0 fully saturated rings. The topological polar surface area (TPSA) is 67.4 Å². The predicted octanol–water partition coefficient (Wildman–Crippen LogP) is 1.53. The number of esters is 1. The van der Waals surface area contributed by atoms with Gasteiger partial charge >= 0.3 is 12.0 Å². The fourth-order valence-electron chi connectivity index (χ4n) is 1.18. The molecule has 2 amide bonds. The molecule has 0 spiro atoms. The van der Waals surface area contributed by atoms with Crippen LogP contribution in [-0.2, 0) is 4.74 Å². The van der Waals surface area contributed by atoms with Crippen LogP contribution in [0.2, 0.25) is 0 Å². The van der Waals surface area contributed by atoms with Crippen LogP contribution in [0, 0.1) is 6.92 Å². The van der Waals surface area contributed by atoms with Crippen molar-refractivity contribution in [2.75, 3.05) is 19.7 Å². The van der Waals surface area contributed by atoms with E-state index in [9.17, 15) is 9.59 Å². The van der Waals surface area contributed by atoms with Crippen molar-refractivity contribution in [3.05, 3.63) is 21.9 Å². The minimum absolute atomic E-state index is 0.174. The van der Waals surface area contributed by atoms with Crippen LogP contribution < -0.4 is 10.6 Å². The Morgan fingerprint density at radius 1 is 1.41 bits per heavy atom. The quantitative estimate of drug-likeness (QED) is 0.620. The molecule has 1 rings (SSSR count). The Hall–Kier alpha value is -1.56. The zero-order valence-electron chi connectivity index (χ0n) is 9.91. The number of hydrogen-bond donors (Lipinski definition) is 2. The fraction of sp³-hybridized carbons (Fsp3) is 0.455. The number of thiophene rings is 1. The highest BCUT2D eigenvalue weighted by atomic mass is 32.1. The van der Waals surface area contributed by atoms with Gasteiger partial charge in [0.15, 0.2) is 0 Å². The first-order chi connectivity index (χ1) is 8.15. The van der Waals surface area contributed by atoms with Gasteiger partial charge in [-0.05, 0) is 30.9 Å². The summed E-state index contributed by atoms with van der Waals surface area (Å²) in [6.07, 6.45) is 0. The van der Waals surface area contributed by atoms with Crippen LogP contribution in [0.3, 0.4) is 0 Å². The zero-order chi connectivity index (χ0) is 12.7. The first kappa shape index (κ1) is 13.5. The Morgan fingerprint density at radius 2 is 2.18 bits per heavy atom. The van der Waals surface area contributed by atoms with Gasteiger partial charge in [0.25, 0.3) is 0 Å². The number of urea groups is 1. The molecule has 2 N–H and O–H groups in total. The molecule has 0 saturated carbocycles. The van der Waals surface area contributed by atoms with Crippen LogP contribution in [-0.4, -0.2) is 31.7 Å². The van der Waals surface area contributed by atoms with Crippen molar-refractivity contribution in [1.82, 2.24) is 10.6 Å². The van der Waals surface area contributed by atoms with E-state index in [1.807, 2.05) is 25.3 Å². The summed E-state index contributed by atoms with van der Waals surface area (Å²) in [5.41, 5.74) is 0.914. The van der Waals surface area contributed by atoms with Crippen molar-refractivity contribution < 1.29 is 14.3 Å². The van der Waals surface area contributed by atoms with Crippen LogP contribution in [0.5, 0.6) is 0 Å². The number of aryl methyl sites for hydroxylation is 1. The van der Waals surface area contributed by atoms with E-state index in [-0.39, 0.29) is 18.6 Å². The zero-order valence-corrected chi connectivity index (χ0v) is 10.7. The Balaban J connectivity index is 2.21. The van der Waals surface area contributed by atoms with E-state index in [1.54, 1.807) is 0 Å². The van der Waals surface area contributed by atoms with E-state index in [0.717, 1.165) is 5.56 Å². The van der Waals surface area contributed by atoms with Crippen molar-refractivity contribution in [1.29, 1.82) is 0 Å². The molecule has 0 aliphatic carbocycles. The molecule has 0 bridgehead atoms. The number of carbonyl (C=O) groups excluding carboxylic acids is 2. The van der Waals surface area contributed by atoms with E-state index in [4.69, 9.17) is 4.74 Å². The maximum Gasteiger partial charge on any atom is 0.348 e. The molecular weight excluding hydrogens is 240 g/mol. The predicted molar refractivity (Wildman–Crippen MR) is 66.4 cm³/mol. The second kappa shape index (κ2) is 6.90. The maximum atomic E-state index is 11.6. The summed E-state index contributed by atoms with van der Waals surface area (Å²) < 4.78 is 5.02. The molecule has 17 heavy (non-hydrogen) atoms. The molecule has 0 atom stereocenters. The highest BCUT2D eigenvalue weighted by molar-refractivity contribution is 7.12. The molecule has 0 aliphatic heterocycles. The largest absolute Gasteiger partial charge is 0.460 e. The Labute approximate surface area is 104 Å². The number of carbonyl (C=O) groups is 2. The number of nitrogens with one attached hydrogen (secondary N) is 2. The molecular formula is C11H16N2O3S. The van der Waals surface area contributed by atoms with Crippen molar-refractivity contribution in [3.8, 4) is 0 Å². The normalized spacial score (nSPS) is 9.76. The summed E-state index contributed by atoms with van der Waals surface area (Å²) >= 11 is 1.36. The summed E-state index contributed by atoms with van der Waals surface area (Å²) in [6.45, 7) is 4.74. The molecule has 6 heteroatoms. The van der Waals surface area contributed by atoms with Crippen LogP contribution in [0.25, 0.3) is 0 Å². The van der Waals surface area contributed by atoms with Crippen LogP contribution >= 0.6 is 11.3 Å². The highest BCUT2D eigenvalue weighted by Crippen LogP contribution is 2.16. The van der Waals surface area contributed by atoms with Gasteiger partial charge in [0.05, 0.1) is 6.54 Å². The van der Waals surface area contributed by atoms with Gasteiger partial charge in [-0.3, -0.25) is 0 Å². The molecule has 1 aromatic rings. The van der Waals surface area contributed by atoms with Gasteiger partial charge in [0.1, 0.15) is 11.5 Å². The molecule has 5 nitrogen and oxygen atoms in total. The monoisotopic (exact) mass is 256 g/mol. The SMILES string of the molecule is CCNC(=O)NCCOC(=O)c1sccc1C. The summed E-state index contributed by atoms with van der Waals surface area (Å²) in [5.74, 6) is -0.338. The summed E-state index contributed by atoms with van der Waals surface area (Å²) in [5, 5.41) is 7.00. The third-order valence-electron chi connectivity index (χ3n) is 2.01. The van der Waals surface area contributed by atoms with E-state index in [2.05, 4.69) is 10.6 Å². The van der Waals surface area contributed by atoms with Gasteiger partial charge in [-0.1, -0.05) is 0 Å². The van der Waals surface area contributed by atoms with E-state index in [1.165, 1.54) is 11.3 Å². The third kappa shape index (κ3) is 4.44. The number of rotatable bonds is 5. The summed E-state index contributed by atoms with van der Waals surface area (Å²) in [6, 6.07) is 1.62. The lowest BCUT2D eigenvalue weighted by Gasteiger charge is -2.06. The second-order valence-electron chi connectivity index (χ2n) is 3.35. The maximum absolute atomic E-state index is 11.6. The number of hydrogen-bond acceptors (Lipinski definition) is 4. The second-order valence-corrected chi connectivity index (χ2v) is 4.27. The summed E-state index contributed by atoms with van der Waals surface area (Å²) in [4.78, 5) is 23.2. The first-order valence-electron chi connectivity index (χ1n) is 5.38. The van der Waals surface area contributed by atoms with E-state index < -0.39 is 0 Å². The lowest BCUT2D eigenvalue weighted by atomic mass is 10.3. The molecule has 0 saturated heterocycles. The van der Waals surface area contributed by atoms with E-state index in [0.29, 0.717) is 18.0 Å². The van der Waals surface area contributed by atoms with Crippen molar-refractivity contribution in [2.24, 2.45) is 0 Å². The highest BCUT2D eigenvalue weighted by Gasteiger charge is 2.11. The number of ether oxygens (including phenoxy) is 1. The van der Waals surface area contributed by atoms with Gasteiger partial charge in [-0.25, -0.2) is 9.59 Å². The smallest absolute Gasteiger partial charge is 0.348 e. The van der Waals surface area contributed by atoms with Gasteiger partial charge in [-0.2, -0.15) is 0 Å². The number of amides is 2. The molecule has 1 aromatic heterocycles. The minimum atomic E-state index is -0.338. The molecule has 94 valence electrons. The summed E-state index contributed by atoms with van der Waals surface area (Å²) in [7, 11) is 0. The van der Waals surface area contributed by atoms with Crippen molar-refractivity contribution in [3.63, 3.8) is 0 Å². The molecule has 0 radical (unpaired) electrons. The van der Waals surface area contributed by atoms with Gasteiger partial charge in [0, 0.05) is 6.54 Å². The average Bonchev–Trinajstić information content (AvgIpc) is 2.71. The van der Waals surface area contributed by atoms with E-state index >= 15 is 0 Å². The van der Waals surface area contributed by atoms with Gasteiger partial charge in [-0.15, -0.1) is 11.3 Å². The van der Waals surface area contributed by atoms with Crippen LogP contribution in [0.1, 0.15) is 22.2 Å².